The minimum atomic E-state index is -3.98. The van der Waals surface area contributed by atoms with Gasteiger partial charge in [-0.2, -0.15) is 13.4 Å². The Kier molecular flexibility index (Phi) is 1.87. The molecule has 1 fully saturated rings. The number of nitrogens with two attached hydrogens (primary N) is 2. The highest BCUT2D eigenvalue weighted by molar-refractivity contribution is 7.82. The molecule has 68 valence electrons. The Morgan fingerprint density at radius 1 is 1.42 bits per heavy atom. The molecule has 1 aliphatic rings. The Labute approximate surface area is 67.3 Å². The predicted molar refractivity (Wildman–Crippen MR) is 36.5 cm³/mol. The van der Waals surface area contributed by atoms with Gasteiger partial charge in [0.25, 0.3) is 5.96 Å². The Balaban J connectivity index is 2.55. The SMILES string of the molecule is N=C(N=C(N)N)N1OS(=O)(=O)O1. The zero-order valence-electron chi connectivity index (χ0n) is 5.59. The Hall–Kier alpha value is -1.39. The van der Waals surface area contributed by atoms with Gasteiger partial charge in [0.1, 0.15) is 0 Å². The van der Waals surface area contributed by atoms with Gasteiger partial charge in [-0.1, -0.05) is 8.57 Å². The van der Waals surface area contributed by atoms with E-state index in [0.717, 1.165) is 0 Å². The molecular formula is C2H5N5O4S. The van der Waals surface area contributed by atoms with Crippen molar-refractivity contribution in [3.63, 3.8) is 0 Å². The van der Waals surface area contributed by atoms with Gasteiger partial charge in [0.05, 0.1) is 0 Å². The zero-order chi connectivity index (χ0) is 9.35. The third kappa shape index (κ3) is 1.81. The topological polar surface area (TPSA) is 144 Å². The van der Waals surface area contributed by atoms with E-state index in [0.29, 0.717) is 0 Å². The summed E-state index contributed by atoms with van der Waals surface area (Å²) in [6.45, 7) is 0. The molecule has 0 saturated carbocycles. The molecule has 0 atom stereocenters. The lowest BCUT2D eigenvalue weighted by atomic mass is 10.9. The van der Waals surface area contributed by atoms with Crippen LogP contribution in [0.3, 0.4) is 0 Å². The second-order valence-electron chi connectivity index (χ2n) is 1.67. The van der Waals surface area contributed by atoms with Crippen molar-refractivity contribution in [1.29, 1.82) is 5.41 Å². The highest BCUT2D eigenvalue weighted by Gasteiger charge is 2.37. The van der Waals surface area contributed by atoms with Crippen molar-refractivity contribution in [2.24, 2.45) is 16.5 Å². The van der Waals surface area contributed by atoms with Gasteiger partial charge in [0.2, 0.25) is 0 Å². The lowest BCUT2D eigenvalue weighted by Gasteiger charge is -2.24. The Morgan fingerprint density at radius 2 is 1.92 bits per heavy atom. The maximum Gasteiger partial charge on any atom is 0.446 e. The minimum absolute atomic E-state index is 0.245. The van der Waals surface area contributed by atoms with Crippen molar-refractivity contribution in [2.45, 2.75) is 0 Å². The molecule has 12 heavy (non-hydrogen) atoms. The highest BCUT2D eigenvalue weighted by Crippen LogP contribution is 2.16. The van der Waals surface area contributed by atoms with Crippen LogP contribution in [0.5, 0.6) is 0 Å². The quantitative estimate of drug-likeness (QED) is 0.289. The Bertz CT molecular complexity index is 315. The first-order chi connectivity index (χ1) is 5.41. The molecule has 1 heterocycles. The molecule has 0 aromatic rings. The third-order valence-corrected chi connectivity index (χ3v) is 1.36. The number of nitrogens with one attached hydrogen (secondary N) is 1. The molecule has 0 aromatic heterocycles. The van der Waals surface area contributed by atoms with Gasteiger partial charge < -0.3 is 11.5 Å². The summed E-state index contributed by atoms with van der Waals surface area (Å²) in [7, 11) is -3.98. The van der Waals surface area contributed by atoms with E-state index in [-0.39, 0.29) is 5.23 Å². The lowest BCUT2D eigenvalue weighted by Crippen LogP contribution is -2.45. The van der Waals surface area contributed by atoms with E-state index in [1.54, 1.807) is 0 Å². The van der Waals surface area contributed by atoms with Gasteiger partial charge in [-0.15, -0.1) is 0 Å². The van der Waals surface area contributed by atoms with E-state index >= 15 is 0 Å². The van der Waals surface area contributed by atoms with Crippen LogP contribution in [-0.2, 0) is 19.0 Å². The van der Waals surface area contributed by atoms with E-state index in [9.17, 15) is 8.42 Å². The van der Waals surface area contributed by atoms with Gasteiger partial charge in [0.15, 0.2) is 5.96 Å². The molecule has 0 aromatic carbocycles. The molecule has 0 aliphatic carbocycles. The number of hydrogen-bond acceptors (Lipinski definition) is 5. The van der Waals surface area contributed by atoms with Crippen LogP contribution in [0.4, 0.5) is 0 Å². The molecule has 10 heteroatoms. The molecule has 0 unspecified atom stereocenters. The molecule has 0 bridgehead atoms. The number of nitrogens with zero attached hydrogens (tertiary/aromatic N) is 2. The van der Waals surface area contributed by atoms with Crippen LogP contribution in [0.2, 0.25) is 0 Å². The molecule has 0 radical (unpaired) electrons. The van der Waals surface area contributed by atoms with Crippen molar-refractivity contribution in [1.82, 2.24) is 5.23 Å². The van der Waals surface area contributed by atoms with Crippen molar-refractivity contribution in [2.75, 3.05) is 0 Å². The van der Waals surface area contributed by atoms with E-state index in [1.165, 1.54) is 0 Å². The van der Waals surface area contributed by atoms with Crippen LogP contribution in [0.15, 0.2) is 4.99 Å². The fourth-order valence-corrected chi connectivity index (χ4v) is 0.889. The first-order valence-corrected chi connectivity index (χ1v) is 3.86. The largest absolute Gasteiger partial charge is 0.446 e. The molecular weight excluding hydrogens is 190 g/mol. The van der Waals surface area contributed by atoms with Crippen LogP contribution in [0.25, 0.3) is 0 Å². The summed E-state index contributed by atoms with van der Waals surface area (Å²) < 4.78 is 28.2. The van der Waals surface area contributed by atoms with E-state index < -0.39 is 22.3 Å². The summed E-state index contributed by atoms with van der Waals surface area (Å²) in [5.74, 6) is -1.07. The predicted octanol–water partition coefficient (Wildman–Crippen LogP) is -2.38. The molecule has 0 spiro atoms. The smallest absolute Gasteiger partial charge is 0.370 e. The monoisotopic (exact) mass is 195 g/mol. The highest BCUT2D eigenvalue weighted by atomic mass is 32.3. The van der Waals surface area contributed by atoms with Crippen molar-refractivity contribution in [3.8, 4) is 0 Å². The Morgan fingerprint density at radius 3 is 2.25 bits per heavy atom. The minimum Gasteiger partial charge on any atom is -0.370 e. The van der Waals surface area contributed by atoms with E-state index in [2.05, 4.69) is 13.6 Å². The molecule has 1 saturated heterocycles. The van der Waals surface area contributed by atoms with Crippen LogP contribution < -0.4 is 11.5 Å². The number of hydrogen-bond donors (Lipinski definition) is 3. The van der Waals surface area contributed by atoms with Crippen LogP contribution in [0.1, 0.15) is 0 Å². The summed E-state index contributed by atoms with van der Waals surface area (Å²) in [5.41, 5.74) is 9.75. The number of aliphatic imine (C=N–C) groups is 1. The van der Waals surface area contributed by atoms with Gasteiger partial charge in [-0.05, 0) is 5.23 Å². The van der Waals surface area contributed by atoms with Crippen LogP contribution in [0, 0.1) is 5.41 Å². The molecule has 0 amide bonds. The fourth-order valence-electron chi connectivity index (χ4n) is 0.405. The number of rotatable bonds is 0. The summed E-state index contributed by atoms with van der Waals surface area (Å²) in [4.78, 5) is 3.13. The van der Waals surface area contributed by atoms with Crippen molar-refractivity contribution < 1.29 is 17.0 Å². The van der Waals surface area contributed by atoms with Crippen LogP contribution >= 0.6 is 0 Å². The second kappa shape index (κ2) is 2.58. The van der Waals surface area contributed by atoms with Gasteiger partial charge in [-0.3, -0.25) is 5.41 Å². The maximum atomic E-state index is 10.2. The summed E-state index contributed by atoms with van der Waals surface area (Å²) >= 11 is 0. The number of guanidine groups is 2. The molecule has 1 rings (SSSR count). The van der Waals surface area contributed by atoms with E-state index in [1.807, 2.05) is 0 Å². The summed E-state index contributed by atoms with van der Waals surface area (Å²) in [6, 6.07) is 0. The fraction of sp³-hybridized carbons (Fsp3) is 0. The molecule has 5 N–H and O–H groups in total. The standard InChI is InChI=1S/C2H5N5O4S/c3-1(4)6-2(5)7-10-12(8,9)11-7/h(H5,3,4,5,6). The first kappa shape index (κ1) is 8.70. The second-order valence-corrected chi connectivity index (χ2v) is 2.79. The van der Waals surface area contributed by atoms with Crippen LogP contribution in [-0.4, -0.2) is 25.6 Å². The van der Waals surface area contributed by atoms with E-state index in [4.69, 9.17) is 16.9 Å². The normalized spacial score (nSPS) is 19.5. The van der Waals surface area contributed by atoms with Crippen molar-refractivity contribution >= 4 is 22.3 Å². The summed E-state index contributed by atoms with van der Waals surface area (Å²) in [5, 5.41) is 7.16. The van der Waals surface area contributed by atoms with Crippen molar-refractivity contribution in [3.05, 3.63) is 0 Å². The maximum absolute atomic E-state index is 10.2. The first-order valence-electron chi connectivity index (χ1n) is 2.53. The average molecular weight is 195 g/mol. The number of hydroxylamine groups is 2. The van der Waals surface area contributed by atoms with Gasteiger partial charge in [-0.25, -0.2) is 0 Å². The molecule has 1 aliphatic heterocycles. The summed E-state index contributed by atoms with van der Waals surface area (Å²) in [6.07, 6.45) is 0. The zero-order valence-corrected chi connectivity index (χ0v) is 6.41. The third-order valence-electron chi connectivity index (χ3n) is 0.726. The van der Waals surface area contributed by atoms with Gasteiger partial charge in [0, 0.05) is 0 Å². The lowest BCUT2D eigenvalue weighted by molar-refractivity contribution is -0.269. The van der Waals surface area contributed by atoms with Gasteiger partial charge >= 0.3 is 10.4 Å². The molecule has 9 nitrogen and oxygen atoms in total. The average Bonchev–Trinajstić information content (AvgIpc) is 1.80.